The molecule has 5 nitrogen and oxygen atoms in total. The van der Waals surface area contributed by atoms with Gasteiger partial charge in [0.25, 0.3) is 6.71 Å². The number of nitrogens with zero attached hydrogens (tertiary/aromatic N) is 2. The fraction of sp³-hybridized carbons (Fsp3) is 0. The van der Waals surface area contributed by atoms with E-state index in [2.05, 4.69) is 112 Å². The van der Waals surface area contributed by atoms with Crippen LogP contribution in [0.2, 0.25) is 0 Å². The molecule has 222 valence electrons. The first kappa shape index (κ1) is 24.8. The number of rotatable bonds is 2. The van der Waals surface area contributed by atoms with Crippen LogP contribution in [0.4, 0.5) is 0 Å². The highest BCUT2D eigenvalue weighted by atomic mass is 16.5. The Hall–Kier alpha value is -6.40. The predicted molar refractivity (Wildman–Crippen MR) is 193 cm³/mol. The Kier molecular flexibility index (Phi) is 4.49. The third kappa shape index (κ3) is 3.03. The fourth-order valence-corrected chi connectivity index (χ4v) is 8.51. The first-order valence-electron chi connectivity index (χ1n) is 16.3. The normalized spacial score (nSPS) is 13.5. The van der Waals surface area contributed by atoms with Gasteiger partial charge in [-0.1, -0.05) is 66.7 Å². The number of hydrogen-bond donors (Lipinski definition) is 0. The highest BCUT2D eigenvalue weighted by molar-refractivity contribution is 6.99. The van der Waals surface area contributed by atoms with E-state index in [1.54, 1.807) is 0 Å². The summed E-state index contributed by atoms with van der Waals surface area (Å²) in [4.78, 5) is 0. The van der Waals surface area contributed by atoms with E-state index in [1.165, 1.54) is 32.6 Å². The summed E-state index contributed by atoms with van der Waals surface area (Å²) in [7, 11) is 0. The molecule has 48 heavy (non-hydrogen) atoms. The summed E-state index contributed by atoms with van der Waals surface area (Å²) in [6, 6.07) is 49.3. The number of ether oxygens (including phenoxy) is 3. The first-order chi connectivity index (χ1) is 23.8. The minimum atomic E-state index is -0.00961. The molecule has 0 saturated carbocycles. The van der Waals surface area contributed by atoms with Gasteiger partial charge in [-0.15, -0.1) is 0 Å². The molecule has 0 atom stereocenters. The lowest BCUT2D eigenvalue weighted by Crippen LogP contribution is -2.59. The summed E-state index contributed by atoms with van der Waals surface area (Å²) in [6.45, 7) is -0.00961. The van der Waals surface area contributed by atoms with E-state index in [-0.39, 0.29) is 6.71 Å². The maximum absolute atomic E-state index is 6.69. The average Bonchev–Trinajstić information content (AvgIpc) is 3.64. The van der Waals surface area contributed by atoms with E-state index in [0.29, 0.717) is 0 Å². The number of aromatic nitrogens is 2. The molecule has 3 aliphatic rings. The van der Waals surface area contributed by atoms with Crippen molar-refractivity contribution in [2.45, 2.75) is 0 Å². The Balaban J connectivity index is 1.11. The fourth-order valence-electron chi connectivity index (χ4n) is 8.51. The van der Waals surface area contributed by atoms with Crippen LogP contribution in [-0.2, 0) is 0 Å². The molecule has 12 rings (SSSR count). The van der Waals surface area contributed by atoms with Gasteiger partial charge in [0.2, 0.25) is 0 Å². The molecule has 0 spiro atoms. The second-order valence-corrected chi connectivity index (χ2v) is 12.9. The predicted octanol–water partition coefficient (Wildman–Crippen LogP) is 8.71. The van der Waals surface area contributed by atoms with Crippen molar-refractivity contribution in [3.8, 4) is 45.9 Å². The van der Waals surface area contributed by atoms with Crippen LogP contribution in [0.1, 0.15) is 0 Å². The van der Waals surface area contributed by atoms with E-state index >= 15 is 0 Å². The molecule has 3 aliphatic heterocycles. The molecule has 0 unspecified atom stereocenters. The Morgan fingerprint density at radius 1 is 0.333 bits per heavy atom. The summed E-state index contributed by atoms with van der Waals surface area (Å²) in [5.74, 6) is 4.96. The van der Waals surface area contributed by atoms with Crippen LogP contribution in [0.5, 0.6) is 34.5 Å². The van der Waals surface area contributed by atoms with Gasteiger partial charge in [-0.05, 0) is 60.7 Å². The van der Waals surface area contributed by atoms with Crippen LogP contribution >= 0.6 is 0 Å². The molecule has 9 aromatic rings. The van der Waals surface area contributed by atoms with Gasteiger partial charge in [0, 0.05) is 55.8 Å². The van der Waals surface area contributed by atoms with E-state index in [4.69, 9.17) is 14.2 Å². The van der Waals surface area contributed by atoms with Gasteiger partial charge in [0.15, 0.2) is 0 Å². The summed E-state index contributed by atoms with van der Waals surface area (Å²) in [6.07, 6.45) is 0. The third-order valence-electron chi connectivity index (χ3n) is 10.4. The van der Waals surface area contributed by atoms with Crippen molar-refractivity contribution in [3.05, 3.63) is 140 Å². The van der Waals surface area contributed by atoms with Crippen LogP contribution in [0, 0.1) is 0 Å². The zero-order valence-corrected chi connectivity index (χ0v) is 25.5. The molecule has 0 aliphatic carbocycles. The van der Waals surface area contributed by atoms with Crippen molar-refractivity contribution >= 4 is 66.7 Å². The zero-order valence-electron chi connectivity index (χ0n) is 25.5. The lowest BCUT2D eigenvalue weighted by molar-refractivity contribution is 0.442. The van der Waals surface area contributed by atoms with E-state index in [9.17, 15) is 0 Å². The third-order valence-corrected chi connectivity index (χ3v) is 10.4. The van der Waals surface area contributed by atoms with Crippen molar-refractivity contribution in [2.75, 3.05) is 0 Å². The summed E-state index contributed by atoms with van der Waals surface area (Å²) in [5, 5.41) is 4.89. The molecular formula is C42H23BN2O3. The summed E-state index contributed by atoms with van der Waals surface area (Å²) >= 11 is 0. The maximum atomic E-state index is 6.69. The second kappa shape index (κ2) is 8.69. The highest BCUT2D eigenvalue weighted by Crippen LogP contribution is 2.44. The molecule has 0 amide bonds. The minimum Gasteiger partial charge on any atom is -0.458 e. The van der Waals surface area contributed by atoms with Crippen LogP contribution in [0.25, 0.3) is 55.0 Å². The van der Waals surface area contributed by atoms with Crippen molar-refractivity contribution in [1.29, 1.82) is 0 Å². The van der Waals surface area contributed by atoms with Crippen LogP contribution < -0.4 is 30.6 Å². The van der Waals surface area contributed by atoms with Gasteiger partial charge >= 0.3 is 0 Å². The molecule has 0 fully saturated rings. The van der Waals surface area contributed by atoms with Crippen LogP contribution in [0.15, 0.2) is 140 Å². The Morgan fingerprint density at radius 3 is 1.29 bits per heavy atom. The molecule has 0 radical (unpaired) electrons. The molecule has 5 heterocycles. The Morgan fingerprint density at radius 2 is 0.750 bits per heavy atom. The number of benzene rings is 7. The number of hydrogen-bond acceptors (Lipinski definition) is 3. The monoisotopic (exact) mass is 614 g/mol. The molecule has 6 heteroatoms. The van der Waals surface area contributed by atoms with Crippen LogP contribution in [-0.4, -0.2) is 15.8 Å². The maximum Gasteiger partial charge on any atom is 0.270 e. The van der Waals surface area contributed by atoms with E-state index in [1.807, 2.05) is 36.4 Å². The lowest BCUT2D eigenvalue weighted by Gasteiger charge is -2.37. The molecule has 2 aromatic heterocycles. The SMILES string of the molecule is c1cc2c3c(c1)Oc1cc(-n4c5ccccc5c5cc(-n6c7ccccc7c7ccccc76)ccc54)cc4c1B3c1c(cccc1O4)O2. The minimum absolute atomic E-state index is 0.00961. The molecule has 0 bridgehead atoms. The van der Waals surface area contributed by atoms with Crippen LogP contribution in [0.3, 0.4) is 0 Å². The lowest BCUT2D eigenvalue weighted by atomic mass is 9.34. The van der Waals surface area contributed by atoms with Crippen molar-refractivity contribution in [3.63, 3.8) is 0 Å². The van der Waals surface area contributed by atoms with Crippen molar-refractivity contribution in [1.82, 2.24) is 9.13 Å². The first-order valence-corrected chi connectivity index (χ1v) is 16.3. The van der Waals surface area contributed by atoms with Crippen molar-refractivity contribution < 1.29 is 14.2 Å². The zero-order chi connectivity index (χ0) is 31.1. The standard InChI is InChI=1S/C42H23BN2O3/c1-4-12-30-26(9-1)27-10-2-5-13-31(27)44(30)24-19-20-33-29(21-24)28-11-3-6-14-32(28)45(33)25-22-38-42-39(23-25)48-37-18-8-16-35-41(37)43(42)40-34(46-35)15-7-17-36(40)47-38/h1-23H. The molecule has 0 saturated heterocycles. The smallest absolute Gasteiger partial charge is 0.270 e. The van der Waals surface area contributed by atoms with E-state index in [0.717, 1.165) is 73.3 Å². The van der Waals surface area contributed by atoms with Crippen molar-refractivity contribution in [2.24, 2.45) is 0 Å². The largest absolute Gasteiger partial charge is 0.458 e. The Labute approximate surface area is 274 Å². The van der Waals surface area contributed by atoms with Gasteiger partial charge in [-0.2, -0.15) is 0 Å². The second-order valence-electron chi connectivity index (χ2n) is 12.9. The van der Waals surface area contributed by atoms with Gasteiger partial charge in [0.1, 0.15) is 34.5 Å². The topological polar surface area (TPSA) is 37.5 Å². The quantitative estimate of drug-likeness (QED) is 0.183. The number of fused-ring (bicyclic) bond motifs is 6. The summed E-state index contributed by atoms with van der Waals surface area (Å²) in [5.41, 5.74) is 9.96. The molecular weight excluding hydrogens is 591 g/mol. The van der Waals surface area contributed by atoms with E-state index < -0.39 is 0 Å². The highest BCUT2D eigenvalue weighted by Gasteiger charge is 2.46. The van der Waals surface area contributed by atoms with Gasteiger partial charge < -0.3 is 23.3 Å². The van der Waals surface area contributed by atoms with Gasteiger partial charge in [0.05, 0.1) is 27.8 Å². The van der Waals surface area contributed by atoms with Gasteiger partial charge in [-0.25, -0.2) is 0 Å². The van der Waals surface area contributed by atoms with Gasteiger partial charge in [-0.3, -0.25) is 0 Å². The molecule has 0 N–H and O–H groups in total. The summed E-state index contributed by atoms with van der Waals surface area (Å²) < 4.78 is 24.4. The Bertz CT molecular complexity index is 2770. The molecule has 7 aromatic carbocycles. The number of para-hydroxylation sites is 3. The average molecular weight is 614 g/mol.